The molecule has 2 aromatic carbocycles. The number of nitrogens with one attached hydrogen (secondary N) is 2. The highest BCUT2D eigenvalue weighted by Gasteiger charge is 2.33. The van der Waals surface area contributed by atoms with Gasteiger partial charge in [0.2, 0.25) is 5.91 Å². The van der Waals surface area contributed by atoms with E-state index < -0.39 is 0 Å². The molecule has 0 spiro atoms. The van der Waals surface area contributed by atoms with Crippen LogP contribution in [0.3, 0.4) is 0 Å². The monoisotopic (exact) mass is 463 g/mol. The Bertz CT molecular complexity index is 1110. The highest BCUT2D eigenvalue weighted by atomic mass is 16.5. The average Bonchev–Trinajstić information content (AvgIpc) is 3.40. The van der Waals surface area contributed by atoms with E-state index in [2.05, 4.69) is 10.6 Å². The summed E-state index contributed by atoms with van der Waals surface area (Å²) in [4.78, 5) is 27.2. The first-order chi connectivity index (χ1) is 16.6. The van der Waals surface area contributed by atoms with Gasteiger partial charge in [-0.3, -0.25) is 4.79 Å². The van der Waals surface area contributed by atoms with E-state index in [0.717, 1.165) is 16.7 Å². The second-order valence-electron chi connectivity index (χ2n) is 8.00. The minimum Gasteiger partial charge on any atom is -0.493 e. The second kappa shape index (κ2) is 10.8. The number of ether oxygens (including phenoxy) is 2. The van der Waals surface area contributed by atoms with Crippen molar-refractivity contribution >= 4 is 11.9 Å². The molecule has 34 heavy (non-hydrogen) atoms. The van der Waals surface area contributed by atoms with Gasteiger partial charge >= 0.3 is 6.03 Å². The topological polar surface area (TPSA) is 93.0 Å². The summed E-state index contributed by atoms with van der Waals surface area (Å²) in [6.45, 7) is 1.10. The molecule has 0 fully saturated rings. The third-order valence-electron chi connectivity index (χ3n) is 5.92. The molecule has 2 N–H and O–H groups in total. The summed E-state index contributed by atoms with van der Waals surface area (Å²) in [5, 5.41) is 5.69. The Morgan fingerprint density at radius 2 is 1.79 bits per heavy atom. The number of amides is 3. The Hall–Kier alpha value is -3.94. The van der Waals surface area contributed by atoms with Gasteiger partial charge in [-0.2, -0.15) is 0 Å². The van der Waals surface area contributed by atoms with Gasteiger partial charge in [0.05, 0.1) is 33.1 Å². The van der Waals surface area contributed by atoms with E-state index in [1.165, 1.54) is 0 Å². The number of hydrogen-bond donors (Lipinski definition) is 2. The van der Waals surface area contributed by atoms with E-state index in [1.54, 1.807) is 32.6 Å². The van der Waals surface area contributed by atoms with Crippen molar-refractivity contribution in [1.29, 1.82) is 0 Å². The number of carbonyl (C=O) groups is 2. The van der Waals surface area contributed by atoms with Crippen LogP contribution in [-0.2, 0) is 17.8 Å². The molecule has 8 heteroatoms. The third kappa shape index (κ3) is 5.17. The lowest BCUT2D eigenvalue weighted by molar-refractivity contribution is -0.121. The van der Waals surface area contributed by atoms with Crippen LogP contribution in [0.5, 0.6) is 11.5 Å². The first kappa shape index (κ1) is 23.2. The maximum atomic E-state index is 13.2. The maximum Gasteiger partial charge on any atom is 0.318 e. The number of benzene rings is 2. The van der Waals surface area contributed by atoms with Crippen molar-refractivity contribution in [3.8, 4) is 11.5 Å². The molecule has 1 aliphatic rings. The highest BCUT2D eigenvalue weighted by Crippen LogP contribution is 2.40. The van der Waals surface area contributed by atoms with Crippen molar-refractivity contribution in [2.45, 2.75) is 25.4 Å². The van der Waals surface area contributed by atoms with Crippen LogP contribution in [0.2, 0.25) is 0 Å². The summed E-state index contributed by atoms with van der Waals surface area (Å²) in [6, 6.07) is 16.9. The Morgan fingerprint density at radius 3 is 2.50 bits per heavy atom. The zero-order chi connectivity index (χ0) is 23.9. The summed E-state index contributed by atoms with van der Waals surface area (Å²) in [5.74, 6) is 1.82. The first-order valence-electron chi connectivity index (χ1n) is 11.2. The molecule has 3 amide bonds. The lowest BCUT2D eigenvalue weighted by Crippen LogP contribution is -2.46. The molecule has 0 saturated heterocycles. The Kier molecular flexibility index (Phi) is 7.37. The fourth-order valence-corrected chi connectivity index (χ4v) is 4.23. The van der Waals surface area contributed by atoms with Crippen LogP contribution in [0.1, 0.15) is 34.9 Å². The number of nitrogens with zero attached hydrogens (tertiary/aromatic N) is 1. The number of fused-ring (bicyclic) bond motifs is 1. The fraction of sp³-hybridized carbons (Fsp3) is 0.308. The molecule has 8 nitrogen and oxygen atoms in total. The predicted molar refractivity (Wildman–Crippen MR) is 127 cm³/mol. The molecule has 0 aliphatic carbocycles. The van der Waals surface area contributed by atoms with Crippen LogP contribution in [0.25, 0.3) is 0 Å². The summed E-state index contributed by atoms with van der Waals surface area (Å²) in [6.07, 6.45) is 2.43. The molecule has 1 aliphatic heterocycles. The molecule has 178 valence electrons. The smallest absolute Gasteiger partial charge is 0.318 e. The van der Waals surface area contributed by atoms with E-state index in [9.17, 15) is 9.59 Å². The van der Waals surface area contributed by atoms with Gasteiger partial charge in [-0.1, -0.05) is 30.3 Å². The first-order valence-corrected chi connectivity index (χ1v) is 11.2. The molecule has 1 atom stereocenters. The standard InChI is InChI=1S/C26H29N3O5/c1-32-22-15-19-11-13-29(25(18-7-4-3-5-8-18)21(19)16-23(22)33-2)26(31)27-12-10-24(30)28-17-20-9-6-14-34-20/h3-9,14-16,25H,10-13,17H2,1-2H3,(H,27,31)(H,28,30)/t25-/m0/s1. The third-order valence-corrected chi connectivity index (χ3v) is 5.92. The fourth-order valence-electron chi connectivity index (χ4n) is 4.23. The van der Waals surface area contributed by atoms with E-state index >= 15 is 0 Å². The maximum absolute atomic E-state index is 13.2. The summed E-state index contributed by atoms with van der Waals surface area (Å²) in [5.41, 5.74) is 3.12. The van der Waals surface area contributed by atoms with Gasteiger partial charge in [-0.15, -0.1) is 0 Å². The molecule has 0 radical (unpaired) electrons. The average molecular weight is 464 g/mol. The van der Waals surface area contributed by atoms with E-state index in [0.29, 0.717) is 36.8 Å². The molecule has 2 heterocycles. The van der Waals surface area contributed by atoms with Crippen LogP contribution in [0.4, 0.5) is 4.79 Å². The second-order valence-corrected chi connectivity index (χ2v) is 8.00. The predicted octanol–water partition coefficient (Wildman–Crippen LogP) is 3.66. The van der Waals surface area contributed by atoms with Crippen molar-refractivity contribution in [3.05, 3.63) is 83.3 Å². The summed E-state index contributed by atoms with van der Waals surface area (Å²) in [7, 11) is 3.22. The molecular formula is C26H29N3O5. The number of urea groups is 1. The van der Waals surface area contributed by atoms with E-state index in [4.69, 9.17) is 13.9 Å². The number of rotatable bonds is 8. The highest BCUT2D eigenvalue weighted by molar-refractivity contribution is 5.79. The zero-order valence-electron chi connectivity index (χ0n) is 19.4. The van der Waals surface area contributed by atoms with Crippen LogP contribution in [0, 0.1) is 0 Å². The normalized spacial score (nSPS) is 14.8. The molecule has 0 unspecified atom stereocenters. The lowest BCUT2D eigenvalue weighted by Gasteiger charge is -2.38. The molecule has 1 aromatic heterocycles. The van der Waals surface area contributed by atoms with Crippen LogP contribution >= 0.6 is 0 Å². The molecule has 4 rings (SSSR count). The molecule has 3 aromatic rings. The van der Waals surface area contributed by atoms with Crippen molar-refractivity contribution in [2.75, 3.05) is 27.3 Å². The Labute approximate surface area is 198 Å². The van der Waals surface area contributed by atoms with Crippen LogP contribution < -0.4 is 20.1 Å². The van der Waals surface area contributed by atoms with Crippen molar-refractivity contribution in [1.82, 2.24) is 15.5 Å². The van der Waals surface area contributed by atoms with E-state index in [-0.39, 0.29) is 30.9 Å². The summed E-state index contributed by atoms with van der Waals surface area (Å²) < 4.78 is 16.2. The van der Waals surface area contributed by atoms with Gasteiger partial charge in [-0.25, -0.2) is 4.79 Å². The summed E-state index contributed by atoms with van der Waals surface area (Å²) >= 11 is 0. The van der Waals surface area contributed by atoms with Crippen molar-refractivity contribution in [3.63, 3.8) is 0 Å². The number of furan rings is 1. The van der Waals surface area contributed by atoms with Gasteiger partial charge in [0.15, 0.2) is 11.5 Å². The number of methoxy groups -OCH3 is 2. The number of carbonyl (C=O) groups excluding carboxylic acids is 2. The SMILES string of the molecule is COc1cc2c(cc1OC)[C@H](c1ccccc1)N(C(=O)NCCC(=O)NCc1ccco1)CC2. The van der Waals surface area contributed by atoms with Crippen molar-refractivity contribution in [2.24, 2.45) is 0 Å². The van der Waals surface area contributed by atoms with Crippen molar-refractivity contribution < 1.29 is 23.5 Å². The van der Waals surface area contributed by atoms with Gasteiger partial charge in [0, 0.05) is 19.5 Å². The molecule has 0 bridgehead atoms. The van der Waals surface area contributed by atoms with Gasteiger partial charge in [-0.05, 0) is 47.4 Å². The quantitative estimate of drug-likeness (QED) is 0.532. The van der Waals surface area contributed by atoms with Crippen LogP contribution in [0.15, 0.2) is 65.3 Å². The minimum absolute atomic E-state index is 0.155. The van der Waals surface area contributed by atoms with Gasteiger partial charge in [0.25, 0.3) is 0 Å². The zero-order valence-corrected chi connectivity index (χ0v) is 19.4. The van der Waals surface area contributed by atoms with Crippen LogP contribution in [-0.4, -0.2) is 44.1 Å². The Morgan fingerprint density at radius 1 is 1.03 bits per heavy atom. The number of hydrogen-bond acceptors (Lipinski definition) is 5. The van der Waals surface area contributed by atoms with Gasteiger partial charge in [0.1, 0.15) is 5.76 Å². The lowest BCUT2D eigenvalue weighted by atomic mass is 9.88. The Balaban J connectivity index is 1.47. The molecular weight excluding hydrogens is 434 g/mol. The minimum atomic E-state index is -0.280. The molecule has 0 saturated carbocycles. The van der Waals surface area contributed by atoms with E-state index in [1.807, 2.05) is 47.4 Å². The van der Waals surface area contributed by atoms with Gasteiger partial charge < -0.3 is 29.4 Å². The largest absolute Gasteiger partial charge is 0.493 e.